The van der Waals surface area contributed by atoms with Gasteiger partial charge in [0.2, 0.25) is 23.6 Å². The van der Waals surface area contributed by atoms with E-state index < -0.39 is 80.6 Å². The van der Waals surface area contributed by atoms with Crippen LogP contribution in [0.2, 0.25) is 0 Å². The Bertz CT molecular complexity index is 3610. The van der Waals surface area contributed by atoms with Gasteiger partial charge in [-0.25, -0.2) is 28.3 Å². The molecule has 4 heterocycles. The van der Waals surface area contributed by atoms with Crippen molar-refractivity contribution in [1.82, 2.24) is 31.2 Å². The predicted molar refractivity (Wildman–Crippen MR) is 319 cm³/mol. The number of imide groups is 2. The van der Waals surface area contributed by atoms with E-state index in [1.807, 2.05) is 105 Å². The van der Waals surface area contributed by atoms with E-state index in [2.05, 4.69) is 26.3 Å². The van der Waals surface area contributed by atoms with E-state index in [0.717, 1.165) is 27.8 Å². The van der Waals surface area contributed by atoms with E-state index in [1.54, 1.807) is 91.8 Å². The second kappa shape index (κ2) is 24.3. The number of halogens is 2. The normalized spacial score (nSPS) is 14.7. The molecule has 2 atom stereocenters. The zero-order valence-electron chi connectivity index (χ0n) is 49.9. The summed E-state index contributed by atoms with van der Waals surface area (Å²) in [6.45, 7) is 20.9. The van der Waals surface area contributed by atoms with Crippen LogP contribution in [0.3, 0.4) is 0 Å². The zero-order chi connectivity index (χ0) is 62.0. The van der Waals surface area contributed by atoms with E-state index in [0.29, 0.717) is 40.2 Å². The number of ether oxygens (including phenoxy) is 3. The SMILES string of the molecule is CC(C)(CNC(=O)NC(=O)C(C)(C)[C@@H]1c2ccc(-c3ccc(C(C)(C)O)cc3)nc2Oc2c(F)cccc21)OCc1ccccc1.CC(C)(O)CNC(=O)NC(=O)C(C)(C)[C@@H]1c2ccc(-c3ccc(C(C)(C)O)cc3)nc2Oc2c(F)cccc21. The largest absolute Gasteiger partial charge is 0.435 e. The molecule has 2 aromatic heterocycles. The molecule has 446 valence electrons. The molecule has 18 heteroatoms. The summed E-state index contributed by atoms with van der Waals surface area (Å²) in [6, 6.07) is 39.3. The second-order valence-corrected chi connectivity index (χ2v) is 24.9. The number of para-hydroxylation sites is 2. The molecule has 5 aromatic carbocycles. The first-order valence-electron chi connectivity index (χ1n) is 27.9. The van der Waals surface area contributed by atoms with E-state index in [4.69, 9.17) is 19.2 Å². The summed E-state index contributed by atoms with van der Waals surface area (Å²) in [7, 11) is 0. The van der Waals surface area contributed by atoms with Gasteiger partial charge in [-0.1, -0.05) is 143 Å². The van der Waals surface area contributed by atoms with Gasteiger partial charge in [-0.05, 0) is 96.3 Å². The van der Waals surface area contributed by atoms with Crippen LogP contribution in [0.1, 0.15) is 134 Å². The van der Waals surface area contributed by atoms with Crippen LogP contribution in [-0.4, -0.2) is 73.5 Å². The molecule has 85 heavy (non-hydrogen) atoms. The first-order valence-corrected chi connectivity index (χ1v) is 27.9. The fraction of sp³-hybridized carbons (Fsp3) is 0.343. The average Bonchev–Trinajstić information content (AvgIpc) is 1.56. The minimum absolute atomic E-state index is 0.00957. The number of urea groups is 2. The number of hydrogen-bond acceptors (Lipinski definition) is 12. The van der Waals surface area contributed by atoms with Gasteiger partial charge in [0, 0.05) is 58.3 Å². The van der Waals surface area contributed by atoms with Crippen LogP contribution in [-0.2, 0) is 32.1 Å². The van der Waals surface area contributed by atoms with Crippen LogP contribution >= 0.6 is 0 Å². The number of carbonyl (C=O) groups excluding carboxylic acids is 4. The fourth-order valence-corrected chi connectivity index (χ4v) is 10.1. The summed E-state index contributed by atoms with van der Waals surface area (Å²) in [5.74, 6) is -3.38. The number of benzene rings is 5. The summed E-state index contributed by atoms with van der Waals surface area (Å²) in [5, 5.41) is 40.5. The molecule has 7 aromatic rings. The maximum atomic E-state index is 15.1. The highest BCUT2D eigenvalue weighted by atomic mass is 19.1. The predicted octanol–water partition coefficient (Wildman–Crippen LogP) is 12.2. The van der Waals surface area contributed by atoms with Gasteiger partial charge in [0.05, 0.1) is 51.2 Å². The van der Waals surface area contributed by atoms with Crippen molar-refractivity contribution in [2.75, 3.05) is 13.1 Å². The molecule has 0 fully saturated rings. The molecule has 0 unspecified atom stereocenters. The van der Waals surface area contributed by atoms with E-state index in [-0.39, 0.29) is 36.3 Å². The number of hydrogen-bond donors (Lipinski definition) is 7. The Morgan fingerprint density at radius 3 is 1.28 bits per heavy atom. The minimum atomic E-state index is -1.23. The van der Waals surface area contributed by atoms with E-state index >= 15 is 4.39 Å². The smallest absolute Gasteiger partial charge is 0.321 e. The molecule has 2 aliphatic heterocycles. The summed E-state index contributed by atoms with van der Waals surface area (Å²) in [5.41, 5.74) is 1.03. The lowest BCUT2D eigenvalue weighted by Crippen LogP contribution is -2.50. The van der Waals surface area contributed by atoms with E-state index in [1.165, 1.54) is 26.0 Å². The van der Waals surface area contributed by atoms with Crippen molar-refractivity contribution in [3.63, 3.8) is 0 Å². The lowest BCUT2D eigenvalue weighted by atomic mass is 9.69. The van der Waals surface area contributed by atoms with Crippen LogP contribution in [0.25, 0.3) is 22.5 Å². The highest BCUT2D eigenvalue weighted by Gasteiger charge is 2.47. The quantitative estimate of drug-likeness (QED) is 0.0508. The minimum Gasteiger partial charge on any atom is -0.435 e. The summed E-state index contributed by atoms with van der Waals surface area (Å²) in [6.07, 6.45) is 0. The van der Waals surface area contributed by atoms with Crippen LogP contribution in [0.5, 0.6) is 23.3 Å². The molecular weight excluding hydrogens is 1090 g/mol. The Kier molecular flexibility index (Phi) is 17.9. The molecule has 0 saturated heterocycles. The first-order chi connectivity index (χ1) is 39.7. The Hall–Kier alpha value is -8.42. The molecule has 0 saturated carbocycles. The first kappa shape index (κ1) is 62.6. The topological polar surface area (TPSA) is 231 Å². The van der Waals surface area contributed by atoms with Crippen molar-refractivity contribution >= 4 is 23.9 Å². The molecule has 16 nitrogen and oxygen atoms in total. The van der Waals surface area contributed by atoms with Gasteiger partial charge in [-0.2, -0.15) is 0 Å². The van der Waals surface area contributed by atoms with Crippen molar-refractivity contribution in [3.05, 3.63) is 190 Å². The Balaban J connectivity index is 0.000000224. The summed E-state index contributed by atoms with van der Waals surface area (Å²) < 4.78 is 48.1. The molecule has 0 aliphatic carbocycles. The number of amides is 6. The third-order valence-corrected chi connectivity index (χ3v) is 15.1. The third-order valence-electron chi connectivity index (χ3n) is 15.1. The fourth-order valence-electron chi connectivity index (χ4n) is 10.1. The number of rotatable bonds is 15. The third kappa shape index (κ3) is 14.6. The van der Waals surface area contributed by atoms with Gasteiger partial charge in [-0.3, -0.25) is 20.2 Å². The Morgan fingerprint density at radius 2 is 0.894 bits per heavy atom. The second-order valence-electron chi connectivity index (χ2n) is 24.9. The van der Waals surface area contributed by atoms with Gasteiger partial charge in [0.1, 0.15) is 0 Å². The highest BCUT2D eigenvalue weighted by molar-refractivity contribution is 5.99. The molecule has 0 radical (unpaired) electrons. The van der Waals surface area contributed by atoms with Gasteiger partial charge >= 0.3 is 12.1 Å². The molecule has 2 aliphatic rings. The molecule has 0 spiro atoms. The van der Waals surface area contributed by atoms with Gasteiger partial charge in [0.15, 0.2) is 23.1 Å². The van der Waals surface area contributed by atoms with Crippen molar-refractivity contribution in [2.45, 2.75) is 124 Å². The van der Waals surface area contributed by atoms with Crippen LogP contribution in [0.4, 0.5) is 18.4 Å². The van der Waals surface area contributed by atoms with Crippen molar-refractivity contribution in [3.8, 4) is 45.8 Å². The van der Waals surface area contributed by atoms with Crippen molar-refractivity contribution in [2.24, 2.45) is 10.8 Å². The highest BCUT2D eigenvalue weighted by Crippen LogP contribution is 2.54. The zero-order valence-corrected chi connectivity index (χ0v) is 49.9. The number of fused-ring (bicyclic) bond motifs is 4. The van der Waals surface area contributed by atoms with Crippen molar-refractivity contribution < 1.29 is 57.5 Å². The Labute approximate surface area is 494 Å². The van der Waals surface area contributed by atoms with Crippen LogP contribution in [0, 0.1) is 22.5 Å². The number of aliphatic hydroxyl groups is 3. The average molecular weight is 1160 g/mol. The molecule has 0 bridgehead atoms. The maximum Gasteiger partial charge on any atom is 0.321 e. The Morgan fingerprint density at radius 1 is 0.494 bits per heavy atom. The lowest BCUT2D eigenvalue weighted by molar-refractivity contribution is -0.129. The van der Waals surface area contributed by atoms with Gasteiger partial charge in [-0.15, -0.1) is 0 Å². The number of carbonyl (C=O) groups is 4. The summed E-state index contributed by atoms with van der Waals surface area (Å²) in [4.78, 5) is 61.8. The number of pyridine rings is 2. The van der Waals surface area contributed by atoms with Crippen molar-refractivity contribution in [1.29, 1.82) is 0 Å². The van der Waals surface area contributed by atoms with E-state index in [9.17, 15) is 38.9 Å². The number of aromatic nitrogens is 2. The lowest BCUT2D eigenvalue weighted by Gasteiger charge is -2.37. The number of nitrogens with zero attached hydrogens (tertiary/aromatic N) is 2. The monoisotopic (exact) mass is 1160 g/mol. The maximum absolute atomic E-state index is 15.1. The van der Waals surface area contributed by atoms with Gasteiger partial charge in [0.25, 0.3) is 0 Å². The standard InChI is InChI=1S/C37H40FN3O5.C30H34FN3O5/c1-35(2,45-21-23-11-8-7-9-12-23)22-39-34(43)41-33(42)36(3,4)30-26-13-10-14-28(38)31(26)46-32-27(30)19-20-29(40-32)24-15-17-25(18-16-24)37(5,6)44;1-28(2,37)16-32-27(36)34-26(35)29(3,4)23-19-8-7-9-21(31)24(19)39-25-20(23)14-15-22(33-25)17-10-12-18(13-11-17)30(5,6)38/h7-20,30,44H,21-22H2,1-6H3,(H2,39,41,42,43);7-15,23,37-38H,16H2,1-6H3,(H2,32,34,35,36)/t30-;23-/m00/s1. The van der Waals surface area contributed by atoms with Crippen LogP contribution < -0.4 is 30.7 Å². The van der Waals surface area contributed by atoms with Crippen LogP contribution in [0.15, 0.2) is 140 Å². The molecule has 9 rings (SSSR count). The number of nitrogens with one attached hydrogen (secondary N) is 4. The molecular formula is C67H74F2N6O10. The summed E-state index contributed by atoms with van der Waals surface area (Å²) >= 11 is 0. The van der Waals surface area contributed by atoms with Gasteiger partial charge < -0.3 is 40.2 Å². The molecule has 6 amide bonds. The molecule has 7 N–H and O–H groups in total.